The number of likely N-dealkylation sites (N-methyl/N-ethyl adjacent to an activating group) is 1. The molecule has 0 fully saturated rings. The summed E-state index contributed by atoms with van der Waals surface area (Å²) in [4.78, 5) is 18.2. The third-order valence-corrected chi connectivity index (χ3v) is 3.20. The zero-order chi connectivity index (χ0) is 14.7. The fourth-order valence-corrected chi connectivity index (χ4v) is 2.06. The molecule has 0 radical (unpaired) electrons. The smallest absolute Gasteiger partial charge is 0.296 e. The number of anilines is 2. The van der Waals surface area contributed by atoms with Crippen LogP contribution in [-0.2, 0) is 4.79 Å². The molecule has 0 aliphatic rings. The zero-order valence-electron chi connectivity index (χ0n) is 12.0. The van der Waals surface area contributed by atoms with Gasteiger partial charge in [0.05, 0.1) is 0 Å². The number of aromatic nitrogens is 1. The zero-order valence-corrected chi connectivity index (χ0v) is 12.0. The summed E-state index contributed by atoms with van der Waals surface area (Å²) in [7, 11) is 0. The van der Waals surface area contributed by atoms with Gasteiger partial charge in [-0.25, -0.2) is 0 Å². The van der Waals surface area contributed by atoms with Gasteiger partial charge in [-0.15, -0.1) is 0 Å². The molecule has 1 atom stereocenters. The van der Waals surface area contributed by atoms with Crippen molar-refractivity contribution in [2.45, 2.75) is 26.8 Å². The van der Waals surface area contributed by atoms with Crippen molar-refractivity contribution in [1.82, 2.24) is 9.88 Å². The van der Waals surface area contributed by atoms with Crippen LogP contribution in [0.5, 0.6) is 0 Å². The van der Waals surface area contributed by atoms with E-state index >= 15 is 0 Å². The van der Waals surface area contributed by atoms with Crippen molar-refractivity contribution in [1.29, 1.82) is 0 Å². The van der Waals surface area contributed by atoms with Gasteiger partial charge in [0, 0.05) is 18.8 Å². The van der Waals surface area contributed by atoms with Gasteiger partial charge in [-0.05, 0) is 39.0 Å². The summed E-state index contributed by atoms with van der Waals surface area (Å²) in [5.41, 5.74) is 7.64. The Labute approximate surface area is 117 Å². The van der Waals surface area contributed by atoms with Crippen molar-refractivity contribution in [3.8, 4) is 0 Å². The Kier molecular flexibility index (Phi) is 4.12. The molecule has 0 saturated heterocycles. The minimum atomic E-state index is -0.389. The van der Waals surface area contributed by atoms with E-state index < -0.39 is 0 Å². The molecule has 1 aromatic carbocycles. The molecule has 0 aliphatic heterocycles. The molecule has 108 valence electrons. The van der Waals surface area contributed by atoms with Gasteiger partial charge < -0.3 is 20.4 Å². The first-order valence-electron chi connectivity index (χ1n) is 6.76. The molecule has 0 bridgehead atoms. The van der Waals surface area contributed by atoms with E-state index in [0.29, 0.717) is 35.9 Å². The van der Waals surface area contributed by atoms with Crippen molar-refractivity contribution in [3.05, 3.63) is 18.2 Å². The van der Waals surface area contributed by atoms with Crippen LogP contribution in [0.25, 0.3) is 11.1 Å². The number of nitrogen functional groups attached to an aromatic ring is 1. The van der Waals surface area contributed by atoms with Crippen molar-refractivity contribution in [2.75, 3.05) is 24.1 Å². The van der Waals surface area contributed by atoms with E-state index in [1.807, 2.05) is 13.8 Å². The Morgan fingerprint density at radius 1 is 1.45 bits per heavy atom. The maximum absolute atomic E-state index is 12.2. The average Bonchev–Trinajstić information content (AvgIpc) is 2.81. The molecule has 1 heterocycles. The molecule has 6 nitrogen and oxygen atoms in total. The van der Waals surface area contributed by atoms with Gasteiger partial charge in [0.15, 0.2) is 5.58 Å². The maximum Gasteiger partial charge on any atom is 0.296 e. The van der Waals surface area contributed by atoms with Gasteiger partial charge in [-0.3, -0.25) is 4.79 Å². The van der Waals surface area contributed by atoms with E-state index in [-0.39, 0.29) is 11.9 Å². The summed E-state index contributed by atoms with van der Waals surface area (Å²) in [6, 6.07) is 5.20. The van der Waals surface area contributed by atoms with E-state index in [1.54, 1.807) is 30.0 Å². The minimum absolute atomic E-state index is 0.0248. The van der Waals surface area contributed by atoms with Crippen molar-refractivity contribution >= 4 is 28.7 Å². The number of benzene rings is 1. The SMILES string of the molecule is CCN(CC)C(=O)C(C)Nc1nc2cc(N)ccc2o1. The number of hydrogen-bond donors (Lipinski definition) is 2. The van der Waals surface area contributed by atoms with Gasteiger partial charge >= 0.3 is 0 Å². The van der Waals surface area contributed by atoms with Crippen LogP contribution in [0, 0.1) is 0 Å². The van der Waals surface area contributed by atoms with Crippen molar-refractivity contribution in [2.24, 2.45) is 0 Å². The van der Waals surface area contributed by atoms with Gasteiger partial charge in [-0.2, -0.15) is 4.98 Å². The van der Waals surface area contributed by atoms with Crippen LogP contribution in [-0.4, -0.2) is 34.9 Å². The molecule has 20 heavy (non-hydrogen) atoms. The highest BCUT2D eigenvalue weighted by atomic mass is 16.4. The topological polar surface area (TPSA) is 84.4 Å². The van der Waals surface area contributed by atoms with Gasteiger partial charge in [0.2, 0.25) is 5.91 Å². The van der Waals surface area contributed by atoms with Crippen LogP contribution >= 0.6 is 0 Å². The first kappa shape index (κ1) is 14.2. The third kappa shape index (κ3) is 2.84. The number of nitrogens with zero attached hydrogens (tertiary/aromatic N) is 2. The Bertz CT molecular complexity index is 604. The Hall–Kier alpha value is -2.24. The molecule has 0 saturated carbocycles. The highest BCUT2D eigenvalue weighted by molar-refractivity contribution is 5.84. The quantitative estimate of drug-likeness (QED) is 0.817. The first-order valence-corrected chi connectivity index (χ1v) is 6.76. The van der Waals surface area contributed by atoms with Crippen LogP contribution in [0.4, 0.5) is 11.7 Å². The lowest BCUT2D eigenvalue weighted by Crippen LogP contribution is -2.41. The van der Waals surface area contributed by atoms with E-state index in [2.05, 4.69) is 10.3 Å². The molecular formula is C14H20N4O2. The lowest BCUT2D eigenvalue weighted by atomic mass is 10.3. The monoisotopic (exact) mass is 276 g/mol. The predicted molar refractivity (Wildman–Crippen MR) is 79.4 cm³/mol. The number of amides is 1. The minimum Gasteiger partial charge on any atom is -0.424 e. The van der Waals surface area contributed by atoms with Crippen LogP contribution in [0.2, 0.25) is 0 Å². The summed E-state index contributed by atoms with van der Waals surface area (Å²) >= 11 is 0. The second kappa shape index (κ2) is 5.81. The van der Waals surface area contributed by atoms with Gasteiger partial charge in [-0.1, -0.05) is 0 Å². The lowest BCUT2D eigenvalue weighted by molar-refractivity contribution is -0.131. The molecule has 1 amide bonds. The van der Waals surface area contributed by atoms with E-state index in [4.69, 9.17) is 10.2 Å². The molecule has 2 aromatic rings. The van der Waals surface area contributed by atoms with E-state index in [0.717, 1.165) is 0 Å². The Balaban J connectivity index is 2.13. The standard InChI is InChI=1S/C14H20N4O2/c1-4-18(5-2)13(19)9(3)16-14-17-11-8-10(15)6-7-12(11)20-14/h6-9H,4-5,15H2,1-3H3,(H,16,17). The number of carbonyl (C=O) groups is 1. The van der Waals surface area contributed by atoms with Crippen molar-refractivity contribution in [3.63, 3.8) is 0 Å². The van der Waals surface area contributed by atoms with Crippen LogP contribution in [0.3, 0.4) is 0 Å². The number of nitrogens with one attached hydrogen (secondary N) is 1. The van der Waals surface area contributed by atoms with Crippen LogP contribution in [0.15, 0.2) is 22.6 Å². The summed E-state index contributed by atoms with van der Waals surface area (Å²) < 4.78 is 5.54. The predicted octanol–water partition coefficient (Wildman–Crippen LogP) is 2.08. The highest BCUT2D eigenvalue weighted by Crippen LogP contribution is 2.21. The first-order chi connectivity index (χ1) is 9.55. The van der Waals surface area contributed by atoms with Gasteiger partial charge in [0.25, 0.3) is 6.01 Å². The summed E-state index contributed by atoms with van der Waals surface area (Å²) in [5.74, 6) is 0.0248. The average molecular weight is 276 g/mol. The summed E-state index contributed by atoms with van der Waals surface area (Å²) in [6.45, 7) is 7.08. The molecule has 0 spiro atoms. The number of nitrogens with two attached hydrogens (primary N) is 1. The molecule has 1 aromatic heterocycles. The normalized spacial score (nSPS) is 12.3. The Morgan fingerprint density at radius 2 is 2.15 bits per heavy atom. The van der Waals surface area contributed by atoms with Crippen molar-refractivity contribution < 1.29 is 9.21 Å². The summed E-state index contributed by atoms with van der Waals surface area (Å²) in [6.07, 6.45) is 0. The van der Waals surface area contributed by atoms with E-state index in [1.165, 1.54) is 0 Å². The van der Waals surface area contributed by atoms with E-state index in [9.17, 15) is 4.79 Å². The third-order valence-electron chi connectivity index (χ3n) is 3.20. The fourth-order valence-electron chi connectivity index (χ4n) is 2.06. The number of carbonyl (C=O) groups excluding carboxylic acids is 1. The van der Waals surface area contributed by atoms with Gasteiger partial charge in [0.1, 0.15) is 11.6 Å². The number of hydrogen-bond acceptors (Lipinski definition) is 5. The lowest BCUT2D eigenvalue weighted by Gasteiger charge is -2.22. The number of rotatable bonds is 5. The molecule has 3 N–H and O–H groups in total. The highest BCUT2D eigenvalue weighted by Gasteiger charge is 2.19. The Morgan fingerprint density at radius 3 is 2.80 bits per heavy atom. The largest absolute Gasteiger partial charge is 0.424 e. The molecule has 0 aliphatic carbocycles. The number of oxazole rings is 1. The maximum atomic E-state index is 12.2. The summed E-state index contributed by atoms with van der Waals surface area (Å²) in [5, 5.41) is 2.99. The van der Waals surface area contributed by atoms with Crippen LogP contribution in [0.1, 0.15) is 20.8 Å². The second-order valence-electron chi connectivity index (χ2n) is 4.62. The number of fused-ring (bicyclic) bond motifs is 1. The second-order valence-corrected chi connectivity index (χ2v) is 4.62. The van der Waals surface area contributed by atoms with Crippen LogP contribution < -0.4 is 11.1 Å². The molecule has 1 unspecified atom stereocenters. The molecule has 6 heteroatoms. The molecular weight excluding hydrogens is 256 g/mol. The molecule has 2 rings (SSSR count). The fraction of sp³-hybridized carbons (Fsp3) is 0.429.